The number of nitrogens with zero attached hydrogens (tertiary/aromatic N) is 3. The van der Waals surface area contributed by atoms with Crippen molar-refractivity contribution < 1.29 is 0 Å². The first-order chi connectivity index (χ1) is 7.56. The van der Waals surface area contributed by atoms with Crippen molar-refractivity contribution >= 4 is 5.82 Å². The van der Waals surface area contributed by atoms with Crippen LogP contribution in [-0.2, 0) is 0 Å². The number of rotatable bonds is 5. The van der Waals surface area contributed by atoms with Crippen LogP contribution in [0.25, 0.3) is 0 Å². The Kier molecular flexibility index (Phi) is 4.68. The fourth-order valence-corrected chi connectivity index (χ4v) is 1.57. The third-order valence-corrected chi connectivity index (χ3v) is 2.70. The predicted molar refractivity (Wildman–Crippen MR) is 67.7 cm³/mol. The minimum Gasteiger partial charge on any atom is -0.353 e. The maximum atomic E-state index is 5.55. The molecule has 0 spiro atoms. The van der Waals surface area contributed by atoms with E-state index in [4.69, 9.17) is 5.73 Å². The van der Waals surface area contributed by atoms with Gasteiger partial charge >= 0.3 is 0 Å². The van der Waals surface area contributed by atoms with Gasteiger partial charge < -0.3 is 10.6 Å². The first-order valence-electron chi connectivity index (χ1n) is 5.83. The molecule has 1 aromatic rings. The predicted octanol–water partition coefficient (Wildman–Crippen LogP) is 1.66. The molecule has 1 aromatic heterocycles. The van der Waals surface area contributed by atoms with E-state index in [1.165, 1.54) is 0 Å². The maximum absolute atomic E-state index is 5.55. The topological polar surface area (TPSA) is 55.0 Å². The van der Waals surface area contributed by atoms with Gasteiger partial charge in [-0.25, -0.2) is 4.98 Å². The van der Waals surface area contributed by atoms with Crippen molar-refractivity contribution in [1.29, 1.82) is 0 Å². The Morgan fingerprint density at radius 1 is 1.31 bits per heavy atom. The highest BCUT2D eigenvalue weighted by molar-refractivity contribution is 5.38. The van der Waals surface area contributed by atoms with E-state index in [9.17, 15) is 0 Å². The average molecular weight is 222 g/mol. The maximum Gasteiger partial charge on any atom is 0.147 e. The van der Waals surface area contributed by atoms with Crippen molar-refractivity contribution in [3.8, 4) is 0 Å². The van der Waals surface area contributed by atoms with Gasteiger partial charge in [-0.2, -0.15) is 0 Å². The molecule has 4 heteroatoms. The summed E-state index contributed by atoms with van der Waals surface area (Å²) < 4.78 is 0. The van der Waals surface area contributed by atoms with Gasteiger partial charge in [-0.05, 0) is 40.7 Å². The van der Waals surface area contributed by atoms with Gasteiger partial charge in [-0.15, -0.1) is 0 Å². The second kappa shape index (κ2) is 5.80. The lowest BCUT2D eigenvalue weighted by Gasteiger charge is -2.27. The Hall–Kier alpha value is -1.16. The Morgan fingerprint density at radius 3 is 2.50 bits per heavy atom. The van der Waals surface area contributed by atoms with Gasteiger partial charge in [0.05, 0.1) is 17.6 Å². The highest BCUT2D eigenvalue weighted by atomic mass is 15.2. The van der Waals surface area contributed by atoms with Crippen molar-refractivity contribution in [3.63, 3.8) is 0 Å². The minimum absolute atomic E-state index is 0.419. The van der Waals surface area contributed by atoms with Crippen LogP contribution in [-0.4, -0.2) is 29.1 Å². The van der Waals surface area contributed by atoms with Crippen LogP contribution < -0.4 is 10.6 Å². The Labute approximate surface area is 97.9 Å². The molecular weight excluding hydrogens is 200 g/mol. The summed E-state index contributed by atoms with van der Waals surface area (Å²) >= 11 is 0. The van der Waals surface area contributed by atoms with E-state index < -0.39 is 0 Å². The Morgan fingerprint density at radius 2 is 2.00 bits per heavy atom. The van der Waals surface area contributed by atoms with E-state index in [0.29, 0.717) is 12.6 Å². The van der Waals surface area contributed by atoms with Crippen LogP contribution >= 0.6 is 0 Å². The molecule has 0 radical (unpaired) electrons. The van der Waals surface area contributed by atoms with Crippen molar-refractivity contribution in [2.24, 2.45) is 5.73 Å². The fraction of sp³-hybridized carbons (Fsp3) is 0.667. The minimum atomic E-state index is 0.419. The first-order valence-corrected chi connectivity index (χ1v) is 5.83. The molecule has 4 nitrogen and oxygen atoms in total. The van der Waals surface area contributed by atoms with Crippen LogP contribution in [0.1, 0.15) is 31.7 Å². The lowest BCUT2D eigenvalue weighted by Crippen LogP contribution is -2.33. The molecule has 0 aliphatic carbocycles. The van der Waals surface area contributed by atoms with Gasteiger partial charge in [0, 0.05) is 12.6 Å². The number of anilines is 1. The fourth-order valence-electron chi connectivity index (χ4n) is 1.57. The van der Waals surface area contributed by atoms with Gasteiger partial charge in [0.15, 0.2) is 0 Å². The van der Waals surface area contributed by atoms with Crippen LogP contribution in [0.5, 0.6) is 0 Å². The normalized spacial score (nSPS) is 10.9. The Bertz CT molecular complexity index is 336. The number of hydrogen-bond donors (Lipinski definition) is 1. The number of nitrogens with two attached hydrogens (primary N) is 1. The summed E-state index contributed by atoms with van der Waals surface area (Å²) in [5.41, 5.74) is 7.53. The highest BCUT2D eigenvalue weighted by Gasteiger charge is 2.12. The molecule has 2 N–H and O–H groups in total. The molecule has 0 fully saturated rings. The molecule has 0 saturated carbocycles. The van der Waals surface area contributed by atoms with Crippen molar-refractivity contribution in [2.75, 3.05) is 18.0 Å². The lowest BCUT2D eigenvalue weighted by atomic mass is 10.2. The van der Waals surface area contributed by atoms with Crippen molar-refractivity contribution in [3.05, 3.63) is 17.6 Å². The summed E-state index contributed by atoms with van der Waals surface area (Å²) in [6.07, 6.45) is 2.83. The van der Waals surface area contributed by atoms with Gasteiger partial charge in [-0.3, -0.25) is 4.98 Å². The van der Waals surface area contributed by atoms with Gasteiger partial charge in [-0.1, -0.05) is 0 Å². The number of aromatic nitrogens is 2. The first kappa shape index (κ1) is 12.9. The smallest absolute Gasteiger partial charge is 0.147 e. The quantitative estimate of drug-likeness (QED) is 0.823. The van der Waals surface area contributed by atoms with Gasteiger partial charge in [0.25, 0.3) is 0 Å². The summed E-state index contributed by atoms with van der Waals surface area (Å²) in [6.45, 7) is 9.94. The standard InChI is InChI=1S/C12H22N4/c1-9(2)16(7-5-6-13)12-8-14-10(3)11(4)15-12/h8-9H,5-7,13H2,1-4H3. The lowest BCUT2D eigenvalue weighted by molar-refractivity contribution is 0.646. The number of aryl methyl sites for hydroxylation is 2. The zero-order chi connectivity index (χ0) is 12.1. The monoisotopic (exact) mass is 222 g/mol. The molecular formula is C12H22N4. The van der Waals surface area contributed by atoms with E-state index in [1.807, 2.05) is 20.0 Å². The molecule has 0 aliphatic rings. The zero-order valence-corrected chi connectivity index (χ0v) is 10.7. The van der Waals surface area contributed by atoms with Crippen LogP contribution in [0.3, 0.4) is 0 Å². The largest absolute Gasteiger partial charge is 0.353 e. The SMILES string of the molecule is Cc1ncc(N(CCCN)C(C)C)nc1C. The Balaban J connectivity index is 2.88. The second-order valence-corrected chi connectivity index (χ2v) is 4.33. The molecule has 0 saturated heterocycles. The molecule has 0 atom stereocenters. The molecule has 0 aromatic carbocycles. The highest BCUT2D eigenvalue weighted by Crippen LogP contribution is 2.14. The summed E-state index contributed by atoms with van der Waals surface area (Å²) in [5.74, 6) is 0.951. The van der Waals surface area contributed by atoms with E-state index in [0.717, 1.165) is 30.2 Å². The summed E-state index contributed by atoms with van der Waals surface area (Å²) in [6, 6.07) is 0.419. The molecule has 1 heterocycles. The van der Waals surface area contributed by atoms with Gasteiger partial charge in [0.1, 0.15) is 5.82 Å². The third kappa shape index (κ3) is 3.17. The van der Waals surface area contributed by atoms with Gasteiger partial charge in [0.2, 0.25) is 0 Å². The molecule has 90 valence electrons. The van der Waals surface area contributed by atoms with Crippen LogP contribution in [0.4, 0.5) is 5.82 Å². The molecule has 0 bridgehead atoms. The summed E-state index contributed by atoms with van der Waals surface area (Å²) in [7, 11) is 0. The molecule has 0 amide bonds. The van der Waals surface area contributed by atoms with E-state index in [2.05, 4.69) is 28.7 Å². The van der Waals surface area contributed by atoms with Crippen molar-refractivity contribution in [1.82, 2.24) is 9.97 Å². The summed E-state index contributed by atoms with van der Waals surface area (Å²) in [4.78, 5) is 11.2. The molecule has 16 heavy (non-hydrogen) atoms. The van der Waals surface area contributed by atoms with Crippen molar-refractivity contribution in [2.45, 2.75) is 40.2 Å². The van der Waals surface area contributed by atoms with E-state index in [-0.39, 0.29) is 0 Å². The third-order valence-electron chi connectivity index (χ3n) is 2.70. The van der Waals surface area contributed by atoms with Crippen LogP contribution in [0, 0.1) is 13.8 Å². The second-order valence-electron chi connectivity index (χ2n) is 4.33. The molecule has 1 rings (SSSR count). The molecule has 0 unspecified atom stereocenters. The van der Waals surface area contributed by atoms with E-state index in [1.54, 1.807) is 0 Å². The number of hydrogen-bond acceptors (Lipinski definition) is 4. The van der Waals surface area contributed by atoms with Crippen LogP contribution in [0.2, 0.25) is 0 Å². The van der Waals surface area contributed by atoms with Crippen LogP contribution in [0.15, 0.2) is 6.20 Å². The average Bonchev–Trinajstić information content (AvgIpc) is 2.23. The summed E-state index contributed by atoms with van der Waals surface area (Å²) in [5, 5.41) is 0. The zero-order valence-electron chi connectivity index (χ0n) is 10.7. The van der Waals surface area contributed by atoms with E-state index >= 15 is 0 Å². The molecule has 0 aliphatic heterocycles.